The lowest BCUT2D eigenvalue weighted by Crippen LogP contribution is -2.56. The largest absolute Gasteiger partial charge is 0.395 e. The normalized spacial score (nSPS) is 29.7. The van der Waals surface area contributed by atoms with Gasteiger partial charge in [0.05, 0.1) is 24.9 Å². The minimum atomic E-state index is -0.827. The average Bonchev–Trinajstić information content (AvgIpc) is 2.38. The summed E-state index contributed by atoms with van der Waals surface area (Å²) in [7, 11) is 0. The Kier molecular flexibility index (Phi) is 7.77. The van der Waals surface area contributed by atoms with Gasteiger partial charge in [0.1, 0.15) is 0 Å². The van der Waals surface area contributed by atoms with Crippen LogP contribution in [-0.2, 0) is 4.74 Å². The molecule has 108 valence electrons. The molecule has 0 radical (unpaired) electrons. The highest BCUT2D eigenvalue weighted by molar-refractivity contribution is 4.88. The first-order chi connectivity index (χ1) is 8.70. The number of likely N-dealkylation sites (tertiary alicyclic amines) is 1. The molecule has 0 bridgehead atoms. The van der Waals surface area contributed by atoms with Crippen LogP contribution in [-0.4, -0.2) is 71.4 Å². The molecule has 0 aromatic heterocycles. The van der Waals surface area contributed by atoms with E-state index in [1.807, 2.05) is 6.92 Å². The zero-order valence-electron chi connectivity index (χ0n) is 11.3. The van der Waals surface area contributed by atoms with Gasteiger partial charge in [-0.2, -0.15) is 0 Å². The van der Waals surface area contributed by atoms with Gasteiger partial charge < -0.3 is 20.1 Å². The Hall–Kier alpha value is -0.200. The van der Waals surface area contributed by atoms with Gasteiger partial charge in [0.2, 0.25) is 0 Å². The molecule has 0 amide bonds. The molecule has 0 aromatic rings. The number of unbranched alkanes of at least 4 members (excludes halogenated alkanes) is 2. The molecule has 1 fully saturated rings. The number of nitrogens with zero attached hydrogens (tertiary/aromatic N) is 1. The van der Waals surface area contributed by atoms with Crippen molar-refractivity contribution in [3.8, 4) is 0 Å². The molecule has 5 nitrogen and oxygen atoms in total. The van der Waals surface area contributed by atoms with Crippen LogP contribution in [0.2, 0.25) is 0 Å². The summed E-state index contributed by atoms with van der Waals surface area (Å²) in [6, 6.07) is -0.319. The van der Waals surface area contributed by atoms with E-state index in [-0.39, 0.29) is 12.6 Å². The maximum Gasteiger partial charge on any atom is 0.0976 e. The molecule has 1 saturated heterocycles. The third-order valence-electron chi connectivity index (χ3n) is 3.59. The molecule has 5 heteroatoms. The molecule has 0 spiro atoms. The van der Waals surface area contributed by atoms with Crippen molar-refractivity contribution in [3.63, 3.8) is 0 Å². The van der Waals surface area contributed by atoms with Crippen molar-refractivity contribution >= 4 is 0 Å². The standard InChI is InChI=1S/C13H27NO4/c1-2-18-9-5-3-4-7-14-8-6-12(16)13(17)11(14)10-15/h11-13,15-17H,2-10H2,1H3/t11-,12-,13-/m1/s1. The Balaban J connectivity index is 2.20. The van der Waals surface area contributed by atoms with Crippen molar-refractivity contribution in [3.05, 3.63) is 0 Å². The van der Waals surface area contributed by atoms with Crippen molar-refractivity contribution in [1.82, 2.24) is 4.90 Å². The molecule has 0 unspecified atom stereocenters. The summed E-state index contributed by atoms with van der Waals surface area (Å²) in [5, 5.41) is 28.7. The molecule has 3 N–H and O–H groups in total. The number of hydrogen-bond acceptors (Lipinski definition) is 5. The second-order valence-corrected chi connectivity index (χ2v) is 4.89. The van der Waals surface area contributed by atoms with Crippen LogP contribution in [0, 0.1) is 0 Å². The van der Waals surface area contributed by atoms with Crippen LogP contribution in [0.5, 0.6) is 0 Å². The summed E-state index contributed by atoms with van der Waals surface area (Å²) in [6.07, 6.45) is 2.23. The van der Waals surface area contributed by atoms with Gasteiger partial charge in [0, 0.05) is 19.8 Å². The van der Waals surface area contributed by atoms with Gasteiger partial charge in [-0.25, -0.2) is 0 Å². The Morgan fingerprint density at radius 1 is 1.22 bits per heavy atom. The predicted octanol–water partition coefficient (Wildman–Crippen LogP) is -0.0184. The van der Waals surface area contributed by atoms with Crippen molar-refractivity contribution < 1.29 is 20.1 Å². The number of aliphatic hydroxyl groups is 3. The lowest BCUT2D eigenvalue weighted by molar-refractivity contribution is -0.0897. The first-order valence-electron chi connectivity index (χ1n) is 6.99. The van der Waals surface area contributed by atoms with Gasteiger partial charge in [-0.3, -0.25) is 4.90 Å². The predicted molar refractivity (Wildman–Crippen MR) is 69.4 cm³/mol. The molecular formula is C13H27NO4. The number of aliphatic hydroxyl groups excluding tert-OH is 3. The monoisotopic (exact) mass is 261 g/mol. The molecule has 1 heterocycles. The van der Waals surface area contributed by atoms with E-state index >= 15 is 0 Å². The molecule has 0 saturated carbocycles. The molecule has 0 aromatic carbocycles. The number of ether oxygens (including phenoxy) is 1. The highest BCUT2D eigenvalue weighted by atomic mass is 16.5. The van der Waals surface area contributed by atoms with Gasteiger partial charge in [-0.15, -0.1) is 0 Å². The van der Waals surface area contributed by atoms with E-state index in [1.54, 1.807) is 0 Å². The SMILES string of the molecule is CCOCCCCCN1CC[C@@H](O)[C@H](O)[C@H]1CO. The maximum atomic E-state index is 9.81. The van der Waals surface area contributed by atoms with E-state index in [9.17, 15) is 15.3 Å². The van der Waals surface area contributed by atoms with Crippen LogP contribution in [0.25, 0.3) is 0 Å². The lowest BCUT2D eigenvalue weighted by Gasteiger charge is -2.40. The second-order valence-electron chi connectivity index (χ2n) is 4.89. The van der Waals surface area contributed by atoms with E-state index in [0.29, 0.717) is 6.42 Å². The first kappa shape index (κ1) is 15.9. The van der Waals surface area contributed by atoms with Crippen LogP contribution in [0.15, 0.2) is 0 Å². The van der Waals surface area contributed by atoms with E-state index in [1.165, 1.54) is 0 Å². The Labute approximate surface area is 109 Å². The third-order valence-corrected chi connectivity index (χ3v) is 3.59. The van der Waals surface area contributed by atoms with Gasteiger partial charge in [-0.05, 0) is 39.2 Å². The summed E-state index contributed by atoms with van der Waals surface area (Å²) >= 11 is 0. The quantitative estimate of drug-likeness (QED) is 0.536. The minimum absolute atomic E-state index is 0.100. The van der Waals surface area contributed by atoms with Crippen LogP contribution in [0.3, 0.4) is 0 Å². The molecule has 3 atom stereocenters. The average molecular weight is 261 g/mol. The maximum absolute atomic E-state index is 9.81. The summed E-state index contributed by atoms with van der Waals surface area (Å²) in [4.78, 5) is 2.08. The fourth-order valence-electron chi connectivity index (χ4n) is 2.45. The van der Waals surface area contributed by atoms with Crippen LogP contribution in [0.1, 0.15) is 32.6 Å². The second kappa shape index (κ2) is 8.82. The summed E-state index contributed by atoms with van der Waals surface area (Å²) < 4.78 is 5.27. The van der Waals surface area contributed by atoms with Gasteiger partial charge >= 0.3 is 0 Å². The zero-order valence-corrected chi connectivity index (χ0v) is 11.3. The molecule has 0 aliphatic carbocycles. The molecule has 1 aliphatic rings. The highest BCUT2D eigenvalue weighted by Crippen LogP contribution is 2.18. The van der Waals surface area contributed by atoms with Crippen LogP contribution >= 0.6 is 0 Å². The van der Waals surface area contributed by atoms with E-state index < -0.39 is 12.2 Å². The van der Waals surface area contributed by atoms with E-state index in [0.717, 1.165) is 45.6 Å². The Morgan fingerprint density at radius 2 is 2.00 bits per heavy atom. The van der Waals surface area contributed by atoms with Gasteiger partial charge in [-0.1, -0.05) is 0 Å². The topological polar surface area (TPSA) is 73.2 Å². The molecule has 1 aliphatic heterocycles. The van der Waals surface area contributed by atoms with Gasteiger partial charge in [0.15, 0.2) is 0 Å². The summed E-state index contributed by atoms with van der Waals surface area (Å²) in [6.45, 7) is 5.07. The number of piperidine rings is 1. The fraction of sp³-hybridized carbons (Fsp3) is 1.00. The fourth-order valence-corrected chi connectivity index (χ4v) is 2.45. The van der Waals surface area contributed by atoms with Gasteiger partial charge in [0.25, 0.3) is 0 Å². The van der Waals surface area contributed by atoms with Crippen molar-refractivity contribution in [2.24, 2.45) is 0 Å². The van der Waals surface area contributed by atoms with Crippen molar-refractivity contribution in [2.75, 3.05) is 32.9 Å². The minimum Gasteiger partial charge on any atom is -0.395 e. The zero-order chi connectivity index (χ0) is 13.4. The number of rotatable bonds is 8. The lowest BCUT2D eigenvalue weighted by atomic mass is 9.96. The summed E-state index contributed by atoms with van der Waals surface area (Å²) in [5.41, 5.74) is 0. The summed E-state index contributed by atoms with van der Waals surface area (Å²) in [5.74, 6) is 0. The van der Waals surface area contributed by atoms with E-state index in [2.05, 4.69) is 4.90 Å². The first-order valence-corrected chi connectivity index (χ1v) is 6.99. The highest BCUT2D eigenvalue weighted by Gasteiger charge is 2.34. The van der Waals surface area contributed by atoms with Crippen molar-refractivity contribution in [2.45, 2.75) is 50.9 Å². The Morgan fingerprint density at radius 3 is 2.67 bits per heavy atom. The van der Waals surface area contributed by atoms with Crippen molar-refractivity contribution in [1.29, 1.82) is 0 Å². The Bertz CT molecular complexity index is 215. The molecular weight excluding hydrogens is 234 g/mol. The molecule has 1 rings (SSSR count). The smallest absolute Gasteiger partial charge is 0.0976 e. The molecule has 18 heavy (non-hydrogen) atoms. The number of hydrogen-bond donors (Lipinski definition) is 3. The van der Waals surface area contributed by atoms with Crippen LogP contribution < -0.4 is 0 Å². The van der Waals surface area contributed by atoms with Crippen LogP contribution in [0.4, 0.5) is 0 Å². The third kappa shape index (κ3) is 4.82. The van der Waals surface area contributed by atoms with E-state index in [4.69, 9.17) is 4.74 Å².